The Bertz CT molecular complexity index is 524. The van der Waals surface area contributed by atoms with E-state index in [1.165, 1.54) is 0 Å². The Morgan fingerprint density at radius 1 is 0.909 bits per heavy atom. The summed E-state index contributed by atoms with van der Waals surface area (Å²) in [5, 5.41) is 19.5. The maximum atomic E-state index is 12.5. The van der Waals surface area contributed by atoms with E-state index in [0.717, 1.165) is 19.3 Å². The van der Waals surface area contributed by atoms with E-state index in [2.05, 4.69) is 0 Å². The van der Waals surface area contributed by atoms with Crippen molar-refractivity contribution in [2.24, 2.45) is 16.2 Å². The summed E-state index contributed by atoms with van der Waals surface area (Å²) in [6.07, 6.45) is 3.52. The highest BCUT2D eigenvalue weighted by atomic mass is 16.5. The van der Waals surface area contributed by atoms with Crippen LogP contribution >= 0.6 is 0 Å². The van der Waals surface area contributed by atoms with E-state index in [4.69, 9.17) is 9.47 Å². The van der Waals surface area contributed by atoms with Crippen molar-refractivity contribution >= 4 is 11.9 Å². The summed E-state index contributed by atoms with van der Waals surface area (Å²) >= 11 is 0. The van der Waals surface area contributed by atoms with Gasteiger partial charge in [-0.1, -0.05) is 19.3 Å². The third kappa shape index (κ3) is 1.58. The van der Waals surface area contributed by atoms with E-state index in [1.54, 1.807) is 13.8 Å². The molecule has 0 saturated heterocycles. The molecule has 2 saturated carbocycles. The number of carbonyl (C=O) groups is 2. The highest BCUT2D eigenvalue weighted by Gasteiger charge is 2.96. The molecule has 2 fully saturated rings. The Labute approximate surface area is 130 Å². The Morgan fingerprint density at radius 2 is 1.32 bits per heavy atom. The van der Waals surface area contributed by atoms with Crippen LogP contribution in [0.5, 0.6) is 0 Å². The number of esters is 2. The predicted octanol–water partition coefficient (Wildman–Crippen LogP) is 2.10. The van der Waals surface area contributed by atoms with Gasteiger partial charge >= 0.3 is 11.9 Å². The number of hydrogen-bond acceptors (Lipinski definition) is 6. The molecule has 0 unspecified atom stereocenters. The summed E-state index contributed by atoms with van der Waals surface area (Å²) in [5.41, 5.74) is -4.45. The largest absolute Gasteiger partial charge is 0.465 e. The van der Waals surface area contributed by atoms with Gasteiger partial charge < -0.3 is 9.47 Å². The van der Waals surface area contributed by atoms with Crippen molar-refractivity contribution in [1.82, 2.24) is 0 Å². The summed E-state index contributed by atoms with van der Waals surface area (Å²) in [7, 11) is 0. The maximum absolute atomic E-state index is 12.5. The van der Waals surface area contributed by atoms with Crippen LogP contribution in [0, 0.1) is 38.9 Å². The van der Waals surface area contributed by atoms with Crippen molar-refractivity contribution in [3.63, 3.8) is 0 Å². The Kier molecular flexibility index (Phi) is 4.15. The molecule has 2 atom stereocenters. The summed E-state index contributed by atoms with van der Waals surface area (Å²) < 4.78 is 10.1. The highest BCUT2D eigenvalue weighted by Crippen LogP contribution is 2.83. The fraction of sp³-hybridized carbons (Fsp3) is 0.750. The molecule has 0 radical (unpaired) electrons. The Balaban J connectivity index is 2.58. The molecule has 0 bridgehead atoms. The average molecular weight is 304 g/mol. The van der Waals surface area contributed by atoms with Crippen LogP contribution in [-0.2, 0) is 19.1 Å². The number of ether oxygens (including phenoxy) is 2. The van der Waals surface area contributed by atoms with Gasteiger partial charge in [-0.25, -0.2) is 0 Å². The highest BCUT2D eigenvalue weighted by molar-refractivity contribution is 6.02. The standard InChI is InChI=1S/C16H20N2O4/c1-3-21-12(19)15(10-17)14(8-6-5-7-9-14)16(15,11-18)13(20)22-4-2/h3-9H2,1-2H3/t15-,16+. The second kappa shape index (κ2) is 5.61. The topological polar surface area (TPSA) is 100 Å². The zero-order valence-electron chi connectivity index (χ0n) is 13.0. The lowest BCUT2D eigenvalue weighted by atomic mass is 9.78. The molecular weight excluding hydrogens is 284 g/mol. The van der Waals surface area contributed by atoms with Crippen LogP contribution in [0.1, 0.15) is 46.0 Å². The fourth-order valence-electron chi connectivity index (χ4n) is 4.25. The van der Waals surface area contributed by atoms with Gasteiger partial charge in [0.2, 0.25) is 0 Å². The second-order valence-electron chi connectivity index (χ2n) is 5.81. The zero-order chi connectivity index (χ0) is 16.4. The molecule has 0 aromatic carbocycles. The third-order valence-corrected chi connectivity index (χ3v) is 5.14. The normalized spacial score (nSPS) is 31.6. The first kappa shape index (κ1) is 16.3. The molecule has 22 heavy (non-hydrogen) atoms. The quantitative estimate of drug-likeness (QED) is 0.737. The molecule has 6 heteroatoms. The number of nitrogens with zero attached hydrogens (tertiary/aromatic N) is 2. The van der Waals surface area contributed by atoms with Crippen LogP contribution in [-0.4, -0.2) is 25.2 Å². The van der Waals surface area contributed by atoms with E-state index >= 15 is 0 Å². The molecule has 2 aliphatic carbocycles. The van der Waals surface area contributed by atoms with Gasteiger partial charge in [0.25, 0.3) is 0 Å². The van der Waals surface area contributed by atoms with Gasteiger partial charge in [0.1, 0.15) is 0 Å². The minimum absolute atomic E-state index is 0.0999. The van der Waals surface area contributed by atoms with Crippen LogP contribution in [0.25, 0.3) is 0 Å². The fourth-order valence-corrected chi connectivity index (χ4v) is 4.25. The first-order valence-electron chi connectivity index (χ1n) is 7.71. The van der Waals surface area contributed by atoms with Crippen molar-refractivity contribution < 1.29 is 19.1 Å². The Hall–Kier alpha value is -2.08. The van der Waals surface area contributed by atoms with Crippen molar-refractivity contribution in [3.8, 4) is 12.1 Å². The first-order chi connectivity index (χ1) is 10.5. The van der Waals surface area contributed by atoms with Gasteiger partial charge in [-0.2, -0.15) is 10.5 Å². The molecule has 2 aliphatic rings. The molecular formula is C16H20N2O4. The summed E-state index contributed by atoms with van der Waals surface area (Å²) in [4.78, 5) is 25.0. The van der Waals surface area contributed by atoms with Crippen LogP contribution in [0.15, 0.2) is 0 Å². The molecule has 0 aromatic rings. The van der Waals surface area contributed by atoms with Gasteiger partial charge in [0.05, 0.1) is 25.4 Å². The number of hydrogen-bond donors (Lipinski definition) is 0. The van der Waals surface area contributed by atoms with E-state index in [1.807, 2.05) is 12.1 Å². The maximum Gasteiger partial charge on any atom is 0.329 e. The monoisotopic (exact) mass is 304 g/mol. The van der Waals surface area contributed by atoms with E-state index in [-0.39, 0.29) is 13.2 Å². The zero-order valence-corrected chi connectivity index (χ0v) is 13.0. The first-order valence-corrected chi connectivity index (χ1v) is 7.71. The SMILES string of the molecule is CCOC(=O)[C@@]1(C#N)C2(CCCCC2)[C@@]1(C#N)C(=O)OCC. The number of rotatable bonds is 4. The van der Waals surface area contributed by atoms with Crippen molar-refractivity contribution in [2.45, 2.75) is 46.0 Å². The van der Waals surface area contributed by atoms with Crippen LogP contribution in [0.3, 0.4) is 0 Å². The van der Waals surface area contributed by atoms with E-state index in [9.17, 15) is 20.1 Å². The Morgan fingerprint density at radius 3 is 1.64 bits per heavy atom. The third-order valence-electron chi connectivity index (χ3n) is 5.14. The van der Waals surface area contributed by atoms with Gasteiger partial charge in [-0.3, -0.25) is 9.59 Å². The lowest BCUT2D eigenvalue weighted by Gasteiger charge is -2.24. The molecule has 0 N–H and O–H groups in total. The minimum Gasteiger partial charge on any atom is -0.465 e. The van der Waals surface area contributed by atoms with Crippen LogP contribution in [0.4, 0.5) is 0 Å². The molecule has 118 valence electrons. The number of nitriles is 2. The molecule has 6 nitrogen and oxygen atoms in total. The van der Waals surface area contributed by atoms with Crippen molar-refractivity contribution in [2.75, 3.05) is 13.2 Å². The lowest BCUT2D eigenvalue weighted by Crippen LogP contribution is -2.30. The second-order valence-corrected chi connectivity index (χ2v) is 5.81. The van der Waals surface area contributed by atoms with Crippen LogP contribution in [0.2, 0.25) is 0 Å². The summed E-state index contributed by atoms with van der Waals surface area (Å²) in [5.74, 6) is -1.54. The minimum atomic E-state index is -1.74. The van der Waals surface area contributed by atoms with Gasteiger partial charge in [0, 0.05) is 5.41 Å². The smallest absolute Gasteiger partial charge is 0.329 e. The summed E-state index contributed by atoms with van der Waals surface area (Å²) in [6.45, 7) is 3.47. The van der Waals surface area contributed by atoms with Crippen molar-refractivity contribution in [3.05, 3.63) is 0 Å². The molecule has 2 rings (SSSR count). The molecule has 0 aliphatic heterocycles. The van der Waals surface area contributed by atoms with Gasteiger partial charge in [-0.15, -0.1) is 0 Å². The van der Waals surface area contributed by atoms with E-state index < -0.39 is 28.2 Å². The average Bonchev–Trinajstić information content (AvgIpc) is 3.04. The van der Waals surface area contributed by atoms with Gasteiger partial charge in [0.15, 0.2) is 10.8 Å². The summed E-state index contributed by atoms with van der Waals surface area (Å²) in [6, 6.07) is 3.96. The molecule has 1 spiro atoms. The number of carbonyl (C=O) groups excluding carboxylic acids is 2. The molecule has 0 heterocycles. The predicted molar refractivity (Wildman–Crippen MR) is 74.9 cm³/mol. The molecule has 0 aromatic heterocycles. The van der Waals surface area contributed by atoms with Gasteiger partial charge in [-0.05, 0) is 26.7 Å². The lowest BCUT2D eigenvalue weighted by molar-refractivity contribution is -0.155. The van der Waals surface area contributed by atoms with Crippen LogP contribution < -0.4 is 0 Å². The van der Waals surface area contributed by atoms with E-state index in [0.29, 0.717) is 12.8 Å². The van der Waals surface area contributed by atoms with Crippen molar-refractivity contribution in [1.29, 1.82) is 10.5 Å². The molecule has 0 amide bonds.